The Morgan fingerprint density at radius 1 is 0.593 bits per heavy atom. The molecule has 0 heterocycles. The van der Waals surface area contributed by atoms with Crippen LogP contribution in [0.15, 0.2) is 69.2 Å². The lowest BCUT2D eigenvalue weighted by Gasteiger charge is -2.09. The van der Waals surface area contributed by atoms with Gasteiger partial charge in [-0.25, -0.2) is 0 Å². The van der Waals surface area contributed by atoms with Crippen LogP contribution in [0, 0.1) is 0 Å². The molecule has 4 N–H and O–H groups in total. The number of hydrogen-bond donors (Lipinski definition) is 4. The maximum absolute atomic E-state index is 9.05. The smallest absolute Gasteiger partial charge is 0.134 e. The highest BCUT2D eigenvalue weighted by Crippen LogP contribution is 2.23. The highest BCUT2D eigenvalue weighted by Gasteiger charge is 2.11. The Hall–Kier alpha value is -3.88. The van der Waals surface area contributed by atoms with E-state index in [2.05, 4.69) is 20.6 Å². The van der Waals surface area contributed by atoms with Crippen molar-refractivity contribution in [2.45, 2.75) is 13.8 Å². The van der Waals surface area contributed by atoms with Crippen molar-refractivity contribution >= 4 is 22.8 Å². The molecule has 2 rings (SSSR count). The van der Waals surface area contributed by atoms with Crippen LogP contribution < -0.4 is 4.74 Å². The number of nitrogens with zero attached hydrogens (tertiary/aromatic N) is 4. The summed E-state index contributed by atoms with van der Waals surface area (Å²) in [4.78, 5) is 0. The van der Waals surface area contributed by atoms with Crippen molar-refractivity contribution in [2.24, 2.45) is 20.6 Å². The van der Waals surface area contributed by atoms with Crippen LogP contribution in [0.5, 0.6) is 11.5 Å². The number of ether oxygens (including phenoxy) is 1. The maximum Gasteiger partial charge on any atom is 0.134 e. The molecule has 0 atom stereocenters. The molecular weight excluding hydrogens is 352 g/mol. The highest BCUT2D eigenvalue weighted by molar-refractivity contribution is 6.47. The molecule has 0 fully saturated rings. The lowest BCUT2D eigenvalue weighted by molar-refractivity contribution is 0.314. The Kier molecular flexibility index (Phi) is 6.48. The van der Waals surface area contributed by atoms with E-state index in [1.165, 1.54) is 13.8 Å². The first-order valence-corrected chi connectivity index (χ1v) is 7.75. The SMILES string of the molecule is CC(=NO)C(=NO)c1ccc(Oc2ccc(C(=NO)C(C)=NO)cc2)cc1. The van der Waals surface area contributed by atoms with Gasteiger partial charge in [0.2, 0.25) is 0 Å². The largest absolute Gasteiger partial charge is 0.457 e. The van der Waals surface area contributed by atoms with E-state index < -0.39 is 0 Å². The maximum atomic E-state index is 9.05. The van der Waals surface area contributed by atoms with Gasteiger partial charge in [0.1, 0.15) is 34.3 Å². The average Bonchev–Trinajstić information content (AvgIpc) is 2.71. The lowest BCUT2D eigenvalue weighted by atomic mass is 10.1. The standard InChI is InChI=1S/C18H18N4O5/c1-11(19-23)17(21-25)13-3-7-15(8-4-13)27-16-9-5-14(6-10-16)18(22-26)12(2)20-24/h3-10,23-26H,1-2H3. The van der Waals surface area contributed by atoms with E-state index in [4.69, 9.17) is 25.6 Å². The minimum atomic E-state index is 0.144. The monoisotopic (exact) mass is 370 g/mol. The van der Waals surface area contributed by atoms with Crippen LogP contribution in [0.4, 0.5) is 0 Å². The van der Waals surface area contributed by atoms with E-state index in [-0.39, 0.29) is 22.8 Å². The lowest BCUT2D eigenvalue weighted by Crippen LogP contribution is -2.12. The van der Waals surface area contributed by atoms with Crippen molar-refractivity contribution in [3.8, 4) is 11.5 Å². The average molecular weight is 370 g/mol. The summed E-state index contributed by atoms with van der Waals surface area (Å²) < 4.78 is 5.72. The van der Waals surface area contributed by atoms with Gasteiger partial charge < -0.3 is 25.6 Å². The highest BCUT2D eigenvalue weighted by atomic mass is 16.5. The molecule has 0 saturated heterocycles. The molecule has 9 heteroatoms. The van der Waals surface area contributed by atoms with Crippen LogP contribution in [-0.4, -0.2) is 43.7 Å². The van der Waals surface area contributed by atoms with Gasteiger partial charge >= 0.3 is 0 Å². The molecule has 0 radical (unpaired) electrons. The summed E-state index contributed by atoms with van der Waals surface area (Å²) in [5.41, 5.74) is 1.74. The zero-order valence-electron chi connectivity index (χ0n) is 14.6. The van der Waals surface area contributed by atoms with E-state index in [1.54, 1.807) is 48.5 Å². The van der Waals surface area contributed by atoms with Gasteiger partial charge in [-0.2, -0.15) is 0 Å². The van der Waals surface area contributed by atoms with Gasteiger partial charge in [0, 0.05) is 11.1 Å². The number of rotatable bonds is 6. The van der Waals surface area contributed by atoms with Gasteiger partial charge in [0.05, 0.1) is 0 Å². The molecule has 0 amide bonds. The normalized spacial score (nSPS) is 13.6. The molecule has 140 valence electrons. The molecular formula is C18H18N4O5. The predicted molar refractivity (Wildman–Crippen MR) is 99.4 cm³/mol. The molecule has 2 aromatic rings. The predicted octanol–water partition coefficient (Wildman–Crippen LogP) is 3.54. The van der Waals surface area contributed by atoms with Crippen molar-refractivity contribution in [2.75, 3.05) is 0 Å². The summed E-state index contributed by atoms with van der Waals surface area (Å²) in [5.74, 6) is 1.07. The van der Waals surface area contributed by atoms with Crippen LogP contribution in [0.1, 0.15) is 25.0 Å². The van der Waals surface area contributed by atoms with E-state index >= 15 is 0 Å². The molecule has 2 aromatic carbocycles. The molecule has 9 nitrogen and oxygen atoms in total. The van der Waals surface area contributed by atoms with Crippen molar-refractivity contribution in [3.05, 3.63) is 59.7 Å². The van der Waals surface area contributed by atoms with Crippen molar-refractivity contribution < 1.29 is 25.6 Å². The van der Waals surface area contributed by atoms with Gasteiger partial charge in [-0.1, -0.05) is 20.6 Å². The topological polar surface area (TPSA) is 140 Å². The van der Waals surface area contributed by atoms with Gasteiger partial charge in [0.25, 0.3) is 0 Å². The van der Waals surface area contributed by atoms with Crippen LogP contribution in [-0.2, 0) is 0 Å². The van der Waals surface area contributed by atoms with Crippen molar-refractivity contribution in [1.82, 2.24) is 0 Å². The Balaban J connectivity index is 2.16. The molecule has 0 aliphatic heterocycles. The third-order valence-electron chi connectivity index (χ3n) is 3.68. The molecule has 0 aromatic heterocycles. The Morgan fingerprint density at radius 3 is 1.19 bits per heavy atom. The molecule has 0 unspecified atom stereocenters. The van der Waals surface area contributed by atoms with Gasteiger partial charge in [0.15, 0.2) is 0 Å². The van der Waals surface area contributed by atoms with Crippen molar-refractivity contribution in [3.63, 3.8) is 0 Å². The van der Waals surface area contributed by atoms with Crippen LogP contribution in [0.25, 0.3) is 0 Å². The first-order valence-electron chi connectivity index (χ1n) is 7.75. The minimum Gasteiger partial charge on any atom is -0.457 e. The fourth-order valence-corrected chi connectivity index (χ4v) is 2.27. The molecule has 0 aliphatic rings. The number of oxime groups is 4. The second kappa shape index (κ2) is 8.99. The fourth-order valence-electron chi connectivity index (χ4n) is 2.27. The van der Waals surface area contributed by atoms with Crippen LogP contribution in [0.3, 0.4) is 0 Å². The Labute approximate surface area is 154 Å². The van der Waals surface area contributed by atoms with E-state index in [1.807, 2.05) is 0 Å². The fraction of sp³-hybridized carbons (Fsp3) is 0.111. The summed E-state index contributed by atoms with van der Waals surface area (Å²) in [6.07, 6.45) is 0. The van der Waals surface area contributed by atoms with Gasteiger partial charge in [-0.15, -0.1) is 0 Å². The number of hydrogen-bond acceptors (Lipinski definition) is 9. The second-order valence-electron chi connectivity index (χ2n) is 5.42. The third kappa shape index (κ3) is 4.60. The van der Waals surface area contributed by atoms with Crippen molar-refractivity contribution in [1.29, 1.82) is 0 Å². The molecule has 0 bridgehead atoms. The van der Waals surface area contributed by atoms with E-state index in [9.17, 15) is 0 Å². The summed E-state index contributed by atoms with van der Waals surface area (Å²) in [6, 6.07) is 13.3. The Morgan fingerprint density at radius 2 is 0.926 bits per heavy atom. The zero-order valence-corrected chi connectivity index (χ0v) is 14.6. The molecule has 0 spiro atoms. The molecule has 0 aliphatic carbocycles. The summed E-state index contributed by atoms with van der Waals surface area (Å²) in [5, 5.41) is 48.0. The van der Waals surface area contributed by atoms with Gasteiger partial charge in [-0.05, 0) is 62.4 Å². The summed E-state index contributed by atoms with van der Waals surface area (Å²) in [7, 11) is 0. The van der Waals surface area contributed by atoms with E-state index in [0.29, 0.717) is 22.6 Å². The first kappa shape index (κ1) is 19.4. The van der Waals surface area contributed by atoms with Crippen LogP contribution >= 0.6 is 0 Å². The number of benzene rings is 2. The summed E-state index contributed by atoms with van der Waals surface area (Å²) >= 11 is 0. The quantitative estimate of drug-likeness (QED) is 0.350. The molecule has 27 heavy (non-hydrogen) atoms. The van der Waals surface area contributed by atoms with E-state index in [0.717, 1.165) is 0 Å². The van der Waals surface area contributed by atoms with Crippen LogP contribution in [0.2, 0.25) is 0 Å². The first-order chi connectivity index (χ1) is 13.0. The minimum absolute atomic E-state index is 0.144. The zero-order chi connectivity index (χ0) is 19.8. The third-order valence-corrected chi connectivity index (χ3v) is 3.68. The Bertz CT molecular complexity index is 825. The summed E-state index contributed by atoms with van der Waals surface area (Å²) in [6.45, 7) is 3.02. The molecule has 0 saturated carbocycles. The van der Waals surface area contributed by atoms with Gasteiger partial charge in [-0.3, -0.25) is 0 Å². The second-order valence-corrected chi connectivity index (χ2v) is 5.42.